The van der Waals surface area contributed by atoms with Crippen LogP contribution in [0.5, 0.6) is 0 Å². The van der Waals surface area contributed by atoms with Crippen LogP contribution in [0, 0.1) is 0 Å². The molecular formula is C9H18Cl3N. The van der Waals surface area contributed by atoms with Crippen LogP contribution in [-0.2, 0) is 0 Å². The summed E-state index contributed by atoms with van der Waals surface area (Å²) in [4.78, 5) is 0. The minimum atomic E-state index is 0. The van der Waals surface area contributed by atoms with Crippen molar-refractivity contribution >= 4 is 27.8 Å². The van der Waals surface area contributed by atoms with E-state index in [0.29, 0.717) is 4.63 Å². The molecule has 0 radical (unpaired) electrons. The van der Waals surface area contributed by atoms with Crippen molar-refractivity contribution in [1.29, 1.82) is 0 Å². The lowest BCUT2D eigenvalue weighted by Crippen LogP contribution is -3.00. The number of hydrogen-bond acceptors (Lipinski definition) is 0. The normalized spacial score (nSPS) is 9.23. The molecule has 0 aliphatic heterocycles. The Morgan fingerprint density at radius 1 is 1.00 bits per heavy atom. The van der Waals surface area contributed by atoms with Gasteiger partial charge in [0.15, 0.2) is 0 Å². The van der Waals surface area contributed by atoms with Gasteiger partial charge in [-0.25, -0.2) is 4.58 Å². The molecule has 0 amide bonds. The molecule has 13 heavy (non-hydrogen) atoms. The summed E-state index contributed by atoms with van der Waals surface area (Å²) in [6.07, 6.45) is 4.69. The van der Waals surface area contributed by atoms with Gasteiger partial charge in [0.25, 0.3) is 0 Å². The Kier molecular flexibility index (Phi) is 13.1. The average Bonchev–Trinajstić information content (AvgIpc) is 2.04. The smallest absolute Gasteiger partial charge is 0.341 e. The molecule has 0 rings (SSSR count). The summed E-state index contributed by atoms with van der Waals surface area (Å²) in [6, 6.07) is 0. The molecule has 0 aliphatic rings. The Balaban J connectivity index is 0. The predicted molar refractivity (Wildman–Crippen MR) is 56.5 cm³/mol. The van der Waals surface area contributed by atoms with Crippen molar-refractivity contribution in [3.8, 4) is 0 Å². The monoisotopic (exact) mass is 245 g/mol. The van der Waals surface area contributed by atoms with Gasteiger partial charge in [0, 0.05) is 36.0 Å². The van der Waals surface area contributed by atoms with E-state index in [4.69, 9.17) is 23.2 Å². The lowest BCUT2D eigenvalue weighted by Gasteiger charge is -2.01. The van der Waals surface area contributed by atoms with E-state index in [9.17, 15) is 0 Å². The van der Waals surface area contributed by atoms with E-state index in [1.807, 2.05) is 4.58 Å². The topological polar surface area (TPSA) is 3.01 Å². The number of rotatable bonds is 6. The summed E-state index contributed by atoms with van der Waals surface area (Å²) >= 11 is 11.4. The molecule has 0 spiro atoms. The molecule has 0 saturated heterocycles. The third-order valence-electron chi connectivity index (χ3n) is 1.80. The fourth-order valence-corrected chi connectivity index (χ4v) is 1.32. The fourth-order valence-electron chi connectivity index (χ4n) is 0.979. The minimum Gasteiger partial charge on any atom is -1.00 e. The van der Waals surface area contributed by atoms with Crippen molar-refractivity contribution < 1.29 is 17.0 Å². The van der Waals surface area contributed by atoms with Crippen molar-refractivity contribution in [3.63, 3.8) is 0 Å². The standard InChI is InChI=1S/C9H18Cl2N.ClH/c1-3-5-7-12(9(10)11)8-6-4-2;/h3-8H2,1-2H3;1H/q+1;/p-1. The van der Waals surface area contributed by atoms with E-state index in [1.54, 1.807) is 0 Å². The van der Waals surface area contributed by atoms with Crippen LogP contribution >= 0.6 is 23.2 Å². The first-order valence-electron chi connectivity index (χ1n) is 4.65. The minimum absolute atomic E-state index is 0. The highest BCUT2D eigenvalue weighted by Crippen LogP contribution is 1.99. The Hall–Kier alpha value is 0.540. The van der Waals surface area contributed by atoms with Crippen molar-refractivity contribution in [2.75, 3.05) is 13.1 Å². The van der Waals surface area contributed by atoms with E-state index in [2.05, 4.69) is 13.8 Å². The van der Waals surface area contributed by atoms with Gasteiger partial charge in [-0.15, -0.1) is 0 Å². The van der Waals surface area contributed by atoms with Gasteiger partial charge in [-0.3, -0.25) is 0 Å². The Morgan fingerprint density at radius 3 is 1.62 bits per heavy atom. The van der Waals surface area contributed by atoms with Crippen LogP contribution in [0.15, 0.2) is 0 Å². The summed E-state index contributed by atoms with van der Waals surface area (Å²) in [5.41, 5.74) is 0. The highest BCUT2D eigenvalue weighted by molar-refractivity contribution is 6.94. The maximum absolute atomic E-state index is 5.72. The first kappa shape index (κ1) is 16.0. The van der Waals surface area contributed by atoms with E-state index in [0.717, 1.165) is 25.9 Å². The van der Waals surface area contributed by atoms with Crippen LogP contribution in [0.4, 0.5) is 0 Å². The molecular weight excluding hydrogens is 228 g/mol. The number of nitrogens with zero attached hydrogens (tertiary/aromatic N) is 1. The molecule has 4 heteroatoms. The average molecular weight is 247 g/mol. The third-order valence-corrected chi connectivity index (χ3v) is 2.28. The Labute approximate surface area is 97.5 Å². The van der Waals surface area contributed by atoms with E-state index >= 15 is 0 Å². The van der Waals surface area contributed by atoms with E-state index < -0.39 is 0 Å². The van der Waals surface area contributed by atoms with E-state index in [1.165, 1.54) is 12.8 Å². The van der Waals surface area contributed by atoms with Crippen LogP contribution in [0.3, 0.4) is 0 Å². The summed E-state index contributed by atoms with van der Waals surface area (Å²) < 4.78 is 2.45. The molecule has 0 aromatic heterocycles. The second kappa shape index (κ2) is 10.6. The molecule has 0 heterocycles. The maximum Gasteiger partial charge on any atom is 0.341 e. The second-order valence-electron chi connectivity index (χ2n) is 2.93. The van der Waals surface area contributed by atoms with Gasteiger partial charge in [0.1, 0.15) is 13.1 Å². The molecule has 0 fully saturated rings. The third kappa shape index (κ3) is 8.86. The molecule has 0 saturated carbocycles. The highest BCUT2D eigenvalue weighted by Gasteiger charge is 2.07. The van der Waals surface area contributed by atoms with Gasteiger partial charge < -0.3 is 12.4 Å². The second-order valence-corrected chi connectivity index (χ2v) is 3.84. The molecule has 80 valence electrons. The van der Waals surface area contributed by atoms with Crippen LogP contribution in [0.2, 0.25) is 0 Å². The zero-order valence-corrected chi connectivity index (χ0v) is 10.6. The van der Waals surface area contributed by atoms with Crippen LogP contribution in [-0.4, -0.2) is 22.3 Å². The van der Waals surface area contributed by atoms with Gasteiger partial charge >= 0.3 is 4.63 Å². The zero-order valence-electron chi connectivity index (χ0n) is 8.32. The summed E-state index contributed by atoms with van der Waals surface area (Å²) in [6.45, 7) is 6.30. The van der Waals surface area contributed by atoms with Gasteiger partial charge in [0.2, 0.25) is 0 Å². The van der Waals surface area contributed by atoms with Crippen LogP contribution in [0.1, 0.15) is 39.5 Å². The van der Waals surface area contributed by atoms with E-state index in [-0.39, 0.29) is 12.4 Å². The zero-order chi connectivity index (χ0) is 9.40. The highest BCUT2D eigenvalue weighted by atomic mass is 35.5. The SMILES string of the molecule is CCCC[N+](CCCC)=C(Cl)Cl.[Cl-]. The lowest BCUT2D eigenvalue weighted by molar-refractivity contribution is -0.524. The molecule has 0 aromatic carbocycles. The van der Waals surface area contributed by atoms with Crippen molar-refractivity contribution in [3.05, 3.63) is 0 Å². The largest absolute Gasteiger partial charge is 1.00 e. The molecule has 0 N–H and O–H groups in total. The van der Waals surface area contributed by atoms with Crippen LogP contribution in [0.25, 0.3) is 0 Å². The lowest BCUT2D eigenvalue weighted by atomic mass is 10.3. The summed E-state index contributed by atoms with van der Waals surface area (Å²) in [5.74, 6) is 0. The van der Waals surface area contributed by atoms with Gasteiger partial charge in [-0.05, 0) is 0 Å². The van der Waals surface area contributed by atoms with Gasteiger partial charge in [-0.2, -0.15) is 0 Å². The number of unbranched alkanes of at least 4 members (excludes halogenated alkanes) is 2. The maximum atomic E-state index is 5.72. The molecule has 0 bridgehead atoms. The molecule has 1 nitrogen and oxygen atoms in total. The van der Waals surface area contributed by atoms with Crippen LogP contribution < -0.4 is 12.4 Å². The molecule has 0 unspecified atom stereocenters. The molecule has 0 aliphatic carbocycles. The number of hydrogen-bond donors (Lipinski definition) is 0. The van der Waals surface area contributed by atoms with Crippen molar-refractivity contribution in [2.24, 2.45) is 0 Å². The van der Waals surface area contributed by atoms with Gasteiger partial charge in [0.05, 0.1) is 0 Å². The predicted octanol–water partition coefficient (Wildman–Crippen LogP) is 0.437. The van der Waals surface area contributed by atoms with Crippen molar-refractivity contribution in [1.82, 2.24) is 0 Å². The fraction of sp³-hybridized carbons (Fsp3) is 0.889. The van der Waals surface area contributed by atoms with Gasteiger partial charge in [-0.1, -0.05) is 26.7 Å². The quantitative estimate of drug-likeness (QED) is 0.473. The first-order chi connectivity index (χ1) is 5.72. The number of halogens is 3. The molecule has 0 aromatic rings. The van der Waals surface area contributed by atoms with Crippen molar-refractivity contribution in [2.45, 2.75) is 39.5 Å². The first-order valence-corrected chi connectivity index (χ1v) is 5.40. The summed E-state index contributed by atoms with van der Waals surface area (Å²) in [5, 5.41) is 0. The summed E-state index contributed by atoms with van der Waals surface area (Å²) in [7, 11) is 0. The molecule has 0 atom stereocenters. The Bertz CT molecular complexity index is 132. The Morgan fingerprint density at radius 2 is 1.38 bits per heavy atom.